The number of nitrogens with two attached hydrogens (primary N) is 1. The lowest BCUT2D eigenvalue weighted by Gasteiger charge is -2.18. The number of carbonyl (C=O) groups excluding carboxylic acids is 5. The first-order valence-corrected chi connectivity index (χ1v) is 12.9. The Bertz CT molecular complexity index is 608. The second kappa shape index (κ2) is 20.5. The standard InChI is InChI=1S/C20H34N2O7S2.BrH/c1-4-7-14(23)12-30-31-13-16(17(24)9-11-19(26)28-5-2)22-18(25)10-8-15(21)20(27)29-6-3;/h15-16H,4-13,21H2,1-3H3,(H,22,25);1H/p-1/t15-,16-;/m0./s1. The van der Waals surface area contributed by atoms with Crippen LogP contribution in [0.25, 0.3) is 0 Å². The molecule has 9 nitrogen and oxygen atoms in total. The number of amides is 1. The summed E-state index contributed by atoms with van der Waals surface area (Å²) in [4.78, 5) is 59.5. The molecule has 0 aromatic rings. The van der Waals surface area contributed by atoms with Gasteiger partial charge in [-0.15, -0.1) is 0 Å². The van der Waals surface area contributed by atoms with Crippen LogP contribution in [0.4, 0.5) is 0 Å². The van der Waals surface area contributed by atoms with Gasteiger partial charge in [0, 0.05) is 25.0 Å². The molecule has 186 valence electrons. The third kappa shape index (κ3) is 16.5. The molecule has 0 radical (unpaired) electrons. The van der Waals surface area contributed by atoms with Crippen LogP contribution in [0.3, 0.4) is 0 Å². The summed E-state index contributed by atoms with van der Waals surface area (Å²) in [5.41, 5.74) is 5.69. The van der Waals surface area contributed by atoms with Crippen LogP contribution in [0, 0.1) is 0 Å². The molecule has 0 rings (SSSR count). The Morgan fingerprint density at radius 3 is 2.16 bits per heavy atom. The number of Topliss-reactive ketones (excluding diaryl/α,β-unsaturated/α-hetero) is 2. The summed E-state index contributed by atoms with van der Waals surface area (Å²) < 4.78 is 9.63. The summed E-state index contributed by atoms with van der Waals surface area (Å²) in [5, 5.41) is 2.64. The summed E-state index contributed by atoms with van der Waals surface area (Å²) in [5.74, 6) is -1.09. The van der Waals surface area contributed by atoms with Gasteiger partial charge in [-0.25, -0.2) is 0 Å². The van der Waals surface area contributed by atoms with Gasteiger partial charge in [-0.1, -0.05) is 28.5 Å². The van der Waals surface area contributed by atoms with Gasteiger partial charge >= 0.3 is 11.9 Å². The zero-order chi connectivity index (χ0) is 23.6. The summed E-state index contributed by atoms with van der Waals surface area (Å²) in [7, 11) is 2.64. The van der Waals surface area contributed by atoms with E-state index in [2.05, 4.69) is 5.32 Å². The summed E-state index contributed by atoms with van der Waals surface area (Å²) in [6.07, 6.45) is 1.19. The molecule has 3 N–H and O–H groups in total. The lowest BCUT2D eigenvalue weighted by Crippen LogP contribution is -3.00. The minimum Gasteiger partial charge on any atom is -1.00 e. The highest BCUT2D eigenvalue weighted by Crippen LogP contribution is 2.23. The van der Waals surface area contributed by atoms with E-state index in [0.29, 0.717) is 12.2 Å². The molecule has 0 fully saturated rings. The van der Waals surface area contributed by atoms with Crippen LogP contribution in [0.1, 0.15) is 59.3 Å². The van der Waals surface area contributed by atoms with Crippen molar-refractivity contribution in [3.63, 3.8) is 0 Å². The van der Waals surface area contributed by atoms with E-state index < -0.39 is 29.9 Å². The fourth-order valence-electron chi connectivity index (χ4n) is 2.34. The summed E-state index contributed by atoms with van der Waals surface area (Å²) >= 11 is 0. The number of nitrogens with one attached hydrogen (secondary N) is 1. The fourth-order valence-corrected chi connectivity index (χ4v) is 4.54. The van der Waals surface area contributed by atoms with Crippen molar-refractivity contribution in [1.82, 2.24) is 5.32 Å². The molecule has 0 aliphatic carbocycles. The molecule has 0 unspecified atom stereocenters. The van der Waals surface area contributed by atoms with E-state index in [4.69, 9.17) is 15.2 Å². The maximum Gasteiger partial charge on any atom is 0.322 e. The maximum absolute atomic E-state index is 12.5. The average Bonchev–Trinajstić information content (AvgIpc) is 2.72. The Balaban J connectivity index is 0. The zero-order valence-electron chi connectivity index (χ0n) is 18.9. The van der Waals surface area contributed by atoms with Crippen LogP contribution in [0.5, 0.6) is 0 Å². The molecular formula is C20H34BrN2O7S2-. The highest BCUT2D eigenvalue weighted by molar-refractivity contribution is 8.76. The number of hydrogen-bond acceptors (Lipinski definition) is 10. The molecule has 0 aliphatic rings. The van der Waals surface area contributed by atoms with E-state index in [9.17, 15) is 24.0 Å². The van der Waals surface area contributed by atoms with Gasteiger partial charge < -0.3 is 37.5 Å². The average molecular weight is 559 g/mol. The van der Waals surface area contributed by atoms with E-state index >= 15 is 0 Å². The minimum atomic E-state index is -0.918. The smallest absolute Gasteiger partial charge is 0.322 e. The quantitative estimate of drug-likeness (QED) is 0.120. The van der Waals surface area contributed by atoms with E-state index in [-0.39, 0.29) is 73.2 Å². The number of ketones is 2. The molecule has 0 spiro atoms. The number of hydrogen-bond donors (Lipinski definition) is 2. The molecule has 0 bridgehead atoms. The first kappa shape index (κ1) is 33.1. The largest absolute Gasteiger partial charge is 1.00 e. The van der Waals surface area contributed by atoms with Crippen LogP contribution in [-0.4, -0.2) is 66.2 Å². The van der Waals surface area contributed by atoms with Gasteiger partial charge in [-0.3, -0.25) is 24.0 Å². The Morgan fingerprint density at radius 2 is 1.56 bits per heavy atom. The first-order chi connectivity index (χ1) is 14.7. The van der Waals surface area contributed by atoms with Crippen molar-refractivity contribution in [2.75, 3.05) is 24.7 Å². The lowest BCUT2D eigenvalue weighted by molar-refractivity contribution is -0.145. The molecule has 32 heavy (non-hydrogen) atoms. The number of esters is 2. The molecule has 0 saturated carbocycles. The molecule has 0 saturated heterocycles. The van der Waals surface area contributed by atoms with Crippen LogP contribution in [0.2, 0.25) is 0 Å². The van der Waals surface area contributed by atoms with Crippen molar-refractivity contribution in [2.24, 2.45) is 5.73 Å². The SMILES string of the molecule is CCCC(=O)CSSC[C@H](NC(=O)CC[C@H](N)C(=O)OCC)C(=O)CCC(=O)OCC.[Br-]. The lowest BCUT2D eigenvalue weighted by atomic mass is 10.1. The first-order valence-electron chi connectivity index (χ1n) is 10.4. The number of halogens is 1. The van der Waals surface area contributed by atoms with Gasteiger partial charge in [-0.2, -0.15) is 0 Å². The van der Waals surface area contributed by atoms with Gasteiger partial charge in [0.1, 0.15) is 11.8 Å². The van der Waals surface area contributed by atoms with E-state index in [1.807, 2.05) is 6.92 Å². The molecule has 2 atom stereocenters. The predicted octanol–water partition coefficient (Wildman–Crippen LogP) is -1.19. The molecular weight excluding hydrogens is 524 g/mol. The Hall–Kier alpha value is -1.11. The van der Waals surface area contributed by atoms with Crippen molar-refractivity contribution in [3.05, 3.63) is 0 Å². The van der Waals surface area contributed by atoms with Crippen molar-refractivity contribution >= 4 is 51.0 Å². The van der Waals surface area contributed by atoms with Crippen LogP contribution >= 0.6 is 21.6 Å². The van der Waals surface area contributed by atoms with Gasteiger partial charge in [0.15, 0.2) is 5.78 Å². The van der Waals surface area contributed by atoms with Gasteiger partial charge in [0.25, 0.3) is 0 Å². The van der Waals surface area contributed by atoms with Crippen molar-refractivity contribution < 1.29 is 50.4 Å². The molecule has 0 heterocycles. The monoisotopic (exact) mass is 557 g/mol. The number of rotatable bonds is 18. The predicted molar refractivity (Wildman–Crippen MR) is 121 cm³/mol. The minimum absolute atomic E-state index is 0. The zero-order valence-corrected chi connectivity index (χ0v) is 22.1. The molecule has 0 aliphatic heterocycles. The maximum atomic E-state index is 12.5. The Kier molecular flexibility index (Phi) is 21.2. The molecule has 1 amide bonds. The number of carbonyl (C=O) groups is 5. The second-order valence-electron chi connectivity index (χ2n) is 6.62. The normalized spacial score (nSPS) is 12.1. The highest BCUT2D eigenvalue weighted by Gasteiger charge is 2.23. The highest BCUT2D eigenvalue weighted by atomic mass is 79.9. The Morgan fingerprint density at radius 1 is 0.906 bits per heavy atom. The molecule has 0 aromatic heterocycles. The fraction of sp³-hybridized carbons (Fsp3) is 0.750. The topological polar surface area (TPSA) is 142 Å². The van der Waals surface area contributed by atoms with Crippen LogP contribution in [0.15, 0.2) is 0 Å². The third-order valence-corrected chi connectivity index (χ3v) is 6.28. The third-order valence-electron chi connectivity index (χ3n) is 3.94. The van der Waals surface area contributed by atoms with Crippen LogP contribution in [-0.2, 0) is 33.4 Å². The molecule has 0 aromatic carbocycles. The summed E-state index contributed by atoms with van der Waals surface area (Å²) in [6.45, 7) is 5.70. The summed E-state index contributed by atoms with van der Waals surface area (Å²) in [6, 6.07) is -1.74. The van der Waals surface area contributed by atoms with Crippen LogP contribution < -0.4 is 28.0 Å². The van der Waals surface area contributed by atoms with E-state index in [1.165, 1.54) is 21.6 Å². The van der Waals surface area contributed by atoms with Gasteiger partial charge in [0.2, 0.25) is 5.91 Å². The Labute approximate surface area is 208 Å². The van der Waals surface area contributed by atoms with Crippen molar-refractivity contribution in [1.29, 1.82) is 0 Å². The second-order valence-corrected chi connectivity index (χ2v) is 9.13. The van der Waals surface area contributed by atoms with Gasteiger partial charge in [0.05, 0.1) is 31.4 Å². The number of ether oxygens (including phenoxy) is 2. The van der Waals surface area contributed by atoms with Crippen molar-refractivity contribution in [3.8, 4) is 0 Å². The molecule has 12 heteroatoms. The van der Waals surface area contributed by atoms with E-state index in [0.717, 1.165) is 6.42 Å². The van der Waals surface area contributed by atoms with E-state index in [1.54, 1.807) is 13.8 Å². The van der Waals surface area contributed by atoms with Crippen molar-refractivity contribution in [2.45, 2.75) is 71.4 Å². The van der Waals surface area contributed by atoms with Gasteiger partial charge in [-0.05, 0) is 26.7 Å².